The van der Waals surface area contributed by atoms with Crippen molar-refractivity contribution in [3.05, 3.63) is 93.2 Å². The number of rotatable bonds is 7. The number of methoxy groups -OCH3 is 1. The molecule has 36 heavy (non-hydrogen) atoms. The molecular formula is C27H22BrFN2O4S. The van der Waals surface area contributed by atoms with Gasteiger partial charge in [-0.25, -0.2) is 4.39 Å². The summed E-state index contributed by atoms with van der Waals surface area (Å²) in [4.78, 5) is 27.3. The van der Waals surface area contributed by atoms with Crippen molar-refractivity contribution in [2.45, 2.75) is 20.0 Å². The summed E-state index contributed by atoms with van der Waals surface area (Å²) in [5, 5.41) is 2.60. The van der Waals surface area contributed by atoms with Crippen LogP contribution >= 0.6 is 28.1 Å². The van der Waals surface area contributed by atoms with Crippen LogP contribution in [-0.2, 0) is 22.6 Å². The molecule has 0 aromatic heterocycles. The van der Waals surface area contributed by atoms with Crippen molar-refractivity contribution in [3.8, 4) is 11.5 Å². The fraction of sp³-hybridized carbons (Fsp3) is 0.148. The SMILES string of the molecule is CCc1ccc(N2C(=O)/C(=C/c3cc(OC)c(OCc4ccccc4F)cc3Br)C(=O)NC2=S)cc1. The number of hydrogen-bond donors (Lipinski definition) is 1. The Morgan fingerprint density at radius 1 is 1.08 bits per heavy atom. The second-order valence-electron chi connectivity index (χ2n) is 7.88. The Hall–Kier alpha value is -3.56. The van der Waals surface area contributed by atoms with Crippen molar-refractivity contribution in [1.29, 1.82) is 0 Å². The Kier molecular flexibility index (Phi) is 7.81. The molecule has 3 aromatic carbocycles. The third-order valence-corrected chi connectivity index (χ3v) is 6.60. The van der Waals surface area contributed by atoms with Crippen LogP contribution in [0.4, 0.5) is 10.1 Å². The molecule has 0 saturated carbocycles. The highest BCUT2D eigenvalue weighted by atomic mass is 79.9. The molecule has 0 atom stereocenters. The number of carbonyl (C=O) groups is 2. The van der Waals surface area contributed by atoms with E-state index in [1.807, 2.05) is 19.1 Å². The standard InChI is InChI=1S/C27H22BrFN2O4S/c1-3-16-8-10-19(11-9-16)31-26(33)20(25(32)30-27(31)36)12-18-13-23(34-2)24(14-21(18)28)35-15-17-6-4-5-7-22(17)29/h4-14H,3,15H2,1-2H3,(H,30,32,36)/b20-12+. The van der Waals surface area contributed by atoms with E-state index < -0.39 is 11.8 Å². The zero-order chi connectivity index (χ0) is 25.8. The predicted molar refractivity (Wildman–Crippen MR) is 143 cm³/mol. The number of carbonyl (C=O) groups excluding carboxylic acids is 2. The first-order valence-corrected chi connectivity index (χ1v) is 12.3. The van der Waals surface area contributed by atoms with E-state index >= 15 is 0 Å². The van der Waals surface area contributed by atoms with Gasteiger partial charge in [0.25, 0.3) is 11.8 Å². The highest BCUT2D eigenvalue weighted by Crippen LogP contribution is 2.36. The number of ether oxygens (including phenoxy) is 2. The molecule has 9 heteroatoms. The van der Waals surface area contributed by atoms with E-state index in [-0.39, 0.29) is 23.1 Å². The number of halogens is 2. The lowest BCUT2D eigenvalue weighted by Gasteiger charge is -2.29. The van der Waals surface area contributed by atoms with Crippen LogP contribution in [0.5, 0.6) is 11.5 Å². The maximum atomic E-state index is 14.0. The highest BCUT2D eigenvalue weighted by molar-refractivity contribution is 9.10. The maximum Gasteiger partial charge on any atom is 0.270 e. The van der Waals surface area contributed by atoms with Crippen molar-refractivity contribution in [2.24, 2.45) is 0 Å². The monoisotopic (exact) mass is 568 g/mol. The minimum Gasteiger partial charge on any atom is -0.493 e. The quantitative estimate of drug-likeness (QED) is 0.229. The fourth-order valence-corrected chi connectivity index (χ4v) is 4.35. The number of anilines is 1. The smallest absolute Gasteiger partial charge is 0.270 e. The molecule has 2 amide bonds. The first kappa shape index (κ1) is 25.5. The third-order valence-electron chi connectivity index (χ3n) is 5.63. The van der Waals surface area contributed by atoms with E-state index in [0.717, 1.165) is 12.0 Å². The summed E-state index contributed by atoms with van der Waals surface area (Å²) in [6, 6.07) is 17.0. The Morgan fingerprint density at radius 2 is 1.81 bits per heavy atom. The zero-order valence-electron chi connectivity index (χ0n) is 19.5. The summed E-state index contributed by atoms with van der Waals surface area (Å²) in [6.45, 7) is 2.04. The van der Waals surface area contributed by atoms with Gasteiger partial charge in [0.05, 0.1) is 12.8 Å². The van der Waals surface area contributed by atoms with Gasteiger partial charge >= 0.3 is 0 Å². The van der Waals surface area contributed by atoms with Crippen LogP contribution in [0, 0.1) is 5.82 Å². The van der Waals surface area contributed by atoms with E-state index in [4.69, 9.17) is 21.7 Å². The molecule has 1 N–H and O–H groups in total. The molecule has 6 nitrogen and oxygen atoms in total. The molecular weight excluding hydrogens is 547 g/mol. The van der Waals surface area contributed by atoms with Crippen molar-refractivity contribution in [3.63, 3.8) is 0 Å². The largest absolute Gasteiger partial charge is 0.493 e. The number of aryl methyl sites for hydroxylation is 1. The van der Waals surface area contributed by atoms with Crippen LogP contribution in [0.25, 0.3) is 6.08 Å². The normalized spacial score (nSPS) is 14.7. The molecule has 3 aromatic rings. The molecule has 0 spiro atoms. The molecule has 1 aliphatic heterocycles. The van der Waals surface area contributed by atoms with Crippen LogP contribution in [-0.4, -0.2) is 24.0 Å². The second kappa shape index (κ2) is 11.0. The van der Waals surface area contributed by atoms with Gasteiger partial charge in [0.15, 0.2) is 16.6 Å². The van der Waals surface area contributed by atoms with Gasteiger partial charge in [-0.1, -0.05) is 53.2 Å². The van der Waals surface area contributed by atoms with Crippen molar-refractivity contribution in [2.75, 3.05) is 12.0 Å². The average molecular weight is 569 g/mol. The van der Waals surface area contributed by atoms with Crippen LogP contribution in [0.15, 0.2) is 70.7 Å². The molecule has 1 aliphatic rings. The molecule has 1 heterocycles. The molecule has 0 aliphatic carbocycles. The molecule has 0 radical (unpaired) electrons. The van der Waals surface area contributed by atoms with Gasteiger partial charge in [0.2, 0.25) is 0 Å². The summed E-state index contributed by atoms with van der Waals surface area (Å²) in [5.41, 5.74) is 2.49. The van der Waals surface area contributed by atoms with Crippen molar-refractivity contribution < 1.29 is 23.5 Å². The van der Waals surface area contributed by atoms with Gasteiger partial charge < -0.3 is 9.47 Å². The second-order valence-corrected chi connectivity index (χ2v) is 9.12. The van der Waals surface area contributed by atoms with Crippen molar-refractivity contribution in [1.82, 2.24) is 5.32 Å². The Balaban J connectivity index is 1.64. The highest BCUT2D eigenvalue weighted by Gasteiger charge is 2.34. The lowest BCUT2D eigenvalue weighted by molar-refractivity contribution is -0.122. The van der Waals surface area contributed by atoms with E-state index in [0.29, 0.717) is 32.8 Å². The van der Waals surface area contributed by atoms with Gasteiger partial charge in [0.1, 0.15) is 18.0 Å². The fourth-order valence-electron chi connectivity index (χ4n) is 3.63. The lowest BCUT2D eigenvalue weighted by Crippen LogP contribution is -2.54. The van der Waals surface area contributed by atoms with E-state index in [9.17, 15) is 14.0 Å². The minimum atomic E-state index is -0.600. The number of nitrogens with zero attached hydrogens (tertiary/aromatic N) is 1. The molecule has 1 fully saturated rings. The third kappa shape index (κ3) is 5.32. The van der Waals surface area contributed by atoms with Crippen LogP contribution in [0.2, 0.25) is 0 Å². The molecule has 4 rings (SSSR count). The summed E-state index contributed by atoms with van der Waals surface area (Å²) in [7, 11) is 1.47. The summed E-state index contributed by atoms with van der Waals surface area (Å²) >= 11 is 8.75. The number of thiocarbonyl (C=S) groups is 1. The number of nitrogens with one attached hydrogen (secondary N) is 1. The summed E-state index contributed by atoms with van der Waals surface area (Å²) in [5.74, 6) is -0.790. The Bertz CT molecular complexity index is 1370. The number of hydrogen-bond acceptors (Lipinski definition) is 5. The van der Waals surface area contributed by atoms with Gasteiger partial charge in [-0.15, -0.1) is 0 Å². The van der Waals surface area contributed by atoms with E-state index in [1.54, 1.807) is 42.5 Å². The number of benzene rings is 3. The van der Waals surface area contributed by atoms with Crippen LogP contribution < -0.4 is 19.7 Å². The number of amides is 2. The predicted octanol–water partition coefficient (Wildman–Crippen LogP) is 5.57. The van der Waals surface area contributed by atoms with E-state index in [1.165, 1.54) is 24.2 Å². The van der Waals surface area contributed by atoms with E-state index in [2.05, 4.69) is 21.2 Å². The van der Waals surface area contributed by atoms with Gasteiger partial charge in [-0.3, -0.25) is 19.8 Å². The first-order valence-electron chi connectivity index (χ1n) is 11.1. The van der Waals surface area contributed by atoms with Crippen molar-refractivity contribution >= 4 is 56.8 Å². The molecule has 0 bridgehead atoms. The van der Waals surface area contributed by atoms with Gasteiger partial charge in [0, 0.05) is 10.0 Å². The molecule has 1 saturated heterocycles. The summed E-state index contributed by atoms with van der Waals surface area (Å²) in [6.07, 6.45) is 2.32. The maximum absolute atomic E-state index is 14.0. The van der Waals surface area contributed by atoms with Gasteiger partial charge in [-0.05, 0) is 66.2 Å². The summed E-state index contributed by atoms with van der Waals surface area (Å²) < 4.78 is 25.7. The zero-order valence-corrected chi connectivity index (χ0v) is 21.9. The minimum absolute atomic E-state index is 0.0000270. The Labute approximate surface area is 221 Å². The average Bonchev–Trinajstić information content (AvgIpc) is 2.87. The molecule has 184 valence electrons. The van der Waals surface area contributed by atoms with Crippen LogP contribution in [0.3, 0.4) is 0 Å². The Morgan fingerprint density at radius 3 is 2.47 bits per heavy atom. The van der Waals surface area contributed by atoms with Gasteiger partial charge in [-0.2, -0.15) is 0 Å². The lowest BCUT2D eigenvalue weighted by atomic mass is 10.1. The topological polar surface area (TPSA) is 67.9 Å². The molecule has 0 unspecified atom stereocenters. The first-order chi connectivity index (χ1) is 17.3. The van der Waals surface area contributed by atoms with Crippen LogP contribution in [0.1, 0.15) is 23.6 Å².